The van der Waals surface area contributed by atoms with E-state index in [2.05, 4.69) is 19.2 Å². The van der Waals surface area contributed by atoms with E-state index >= 15 is 0 Å². The molecule has 0 aliphatic heterocycles. The van der Waals surface area contributed by atoms with Gasteiger partial charge in [0.1, 0.15) is 0 Å². The van der Waals surface area contributed by atoms with Crippen LogP contribution in [0.4, 0.5) is 0 Å². The van der Waals surface area contributed by atoms with E-state index < -0.39 is 5.60 Å². The molecular formula is C13H27NO. The molecule has 0 aromatic rings. The third-order valence-electron chi connectivity index (χ3n) is 3.67. The van der Waals surface area contributed by atoms with Crippen LogP contribution in [0.5, 0.6) is 0 Å². The fourth-order valence-electron chi connectivity index (χ4n) is 2.69. The monoisotopic (exact) mass is 213 g/mol. The lowest BCUT2D eigenvalue weighted by atomic mass is 9.92. The van der Waals surface area contributed by atoms with Crippen LogP contribution in [0.15, 0.2) is 0 Å². The van der Waals surface area contributed by atoms with Crippen LogP contribution in [0.3, 0.4) is 0 Å². The van der Waals surface area contributed by atoms with E-state index in [0.29, 0.717) is 0 Å². The minimum atomic E-state index is -0.418. The van der Waals surface area contributed by atoms with Crippen molar-refractivity contribution in [1.82, 2.24) is 5.32 Å². The topological polar surface area (TPSA) is 32.3 Å². The van der Waals surface area contributed by atoms with Crippen molar-refractivity contribution in [3.05, 3.63) is 0 Å². The van der Waals surface area contributed by atoms with E-state index in [1.165, 1.54) is 32.1 Å². The summed E-state index contributed by atoms with van der Waals surface area (Å²) >= 11 is 0. The van der Waals surface area contributed by atoms with Crippen molar-refractivity contribution in [1.29, 1.82) is 0 Å². The molecule has 2 nitrogen and oxygen atoms in total. The van der Waals surface area contributed by atoms with Crippen molar-refractivity contribution in [2.75, 3.05) is 13.1 Å². The second-order valence-electron chi connectivity index (χ2n) is 5.09. The van der Waals surface area contributed by atoms with Gasteiger partial charge in [0.05, 0.1) is 5.60 Å². The number of rotatable bonds is 5. The molecule has 0 aromatic heterocycles. The Bertz CT molecular complexity index is 172. The first-order valence-electron chi connectivity index (χ1n) is 6.63. The van der Waals surface area contributed by atoms with Crippen molar-refractivity contribution in [2.45, 2.75) is 64.4 Å². The first-order valence-corrected chi connectivity index (χ1v) is 6.63. The highest BCUT2D eigenvalue weighted by atomic mass is 16.3. The fraction of sp³-hybridized carbons (Fsp3) is 1.00. The molecule has 0 amide bonds. The molecule has 0 radical (unpaired) electrons. The Hall–Kier alpha value is -0.0800. The Kier molecular flexibility index (Phi) is 5.62. The lowest BCUT2D eigenvalue weighted by Crippen LogP contribution is -2.40. The Morgan fingerprint density at radius 1 is 1.27 bits per heavy atom. The third-order valence-corrected chi connectivity index (χ3v) is 3.67. The highest BCUT2D eigenvalue weighted by Gasteiger charge is 2.29. The number of hydrogen-bond donors (Lipinski definition) is 2. The molecule has 90 valence electrons. The number of hydrogen-bond acceptors (Lipinski definition) is 2. The van der Waals surface area contributed by atoms with Gasteiger partial charge in [0.25, 0.3) is 0 Å². The minimum Gasteiger partial charge on any atom is -0.389 e. The molecule has 1 rings (SSSR count). The maximum atomic E-state index is 10.4. The first-order chi connectivity index (χ1) is 7.20. The van der Waals surface area contributed by atoms with E-state index in [9.17, 15) is 5.11 Å². The Balaban J connectivity index is 2.36. The number of likely N-dealkylation sites (N-methyl/N-ethyl adjacent to an activating group) is 1. The lowest BCUT2D eigenvalue weighted by Gasteiger charge is -2.26. The van der Waals surface area contributed by atoms with Gasteiger partial charge in [-0.2, -0.15) is 0 Å². The molecule has 2 atom stereocenters. The molecule has 1 saturated carbocycles. The van der Waals surface area contributed by atoms with Gasteiger partial charge in [0, 0.05) is 6.54 Å². The molecular weight excluding hydrogens is 186 g/mol. The fourth-order valence-corrected chi connectivity index (χ4v) is 2.69. The second-order valence-corrected chi connectivity index (χ2v) is 5.09. The summed E-state index contributed by atoms with van der Waals surface area (Å²) in [6.45, 7) is 6.10. The Labute approximate surface area is 94.5 Å². The van der Waals surface area contributed by atoms with Crippen molar-refractivity contribution < 1.29 is 5.11 Å². The van der Waals surface area contributed by atoms with Crippen LogP contribution in [0.1, 0.15) is 58.8 Å². The summed E-state index contributed by atoms with van der Waals surface area (Å²) in [6.07, 6.45) is 8.35. The van der Waals surface area contributed by atoms with Crippen molar-refractivity contribution in [3.8, 4) is 0 Å². The summed E-state index contributed by atoms with van der Waals surface area (Å²) in [5, 5.41) is 13.7. The van der Waals surface area contributed by atoms with Gasteiger partial charge in [0.15, 0.2) is 0 Å². The summed E-state index contributed by atoms with van der Waals surface area (Å²) in [5.74, 6) is 0.866. The molecule has 0 heterocycles. The van der Waals surface area contributed by atoms with Crippen molar-refractivity contribution in [2.24, 2.45) is 5.92 Å². The highest BCUT2D eigenvalue weighted by molar-refractivity contribution is 4.85. The average Bonchev–Trinajstić information content (AvgIpc) is 2.40. The van der Waals surface area contributed by atoms with Crippen LogP contribution >= 0.6 is 0 Å². The molecule has 2 heteroatoms. The van der Waals surface area contributed by atoms with Crippen LogP contribution in [-0.2, 0) is 0 Å². The zero-order chi connectivity index (χ0) is 11.1. The third kappa shape index (κ3) is 4.52. The summed E-state index contributed by atoms with van der Waals surface area (Å²) in [5.41, 5.74) is -0.418. The smallest absolute Gasteiger partial charge is 0.0771 e. The maximum absolute atomic E-state index is 10.4. The maximum Gasteiger partial charge on any atom is 0.0771 e. The predicted octanol–water partition coefficient (Wildman–Crippen LogP) is 2.71. The second kappa shape index (κ2) is 6.49. The Morgan fingerprint density at radius 2 is 2.07 bits per heavy atom. The van der Waals surface area contributed by atoms with Crippen LogP contribution in [0.25, 0.3) is 0 Å². The largest absolute Gasteiger partial charge is 0.389 e. The zero-order valence-corrected chi connectivity index (χ0v) is 10.4. The van der Waals surface area contributed by atoms with Gasteiger partial charge in [-0.1, -0.05) is 39.5 Å². The van der Waals surface area contributed by atoms with E-state index in [4.69, 9.17) is 0 Å². The van der Waals surface area contributed by atoms with Crippen LogP contribution < -0.4 is 5.32 Å². The summed E-state index contributed by atoms with van der Waals surface area (Å²) in [6, 6.07) is 0. The van der Waals surface area contributed by atoms with Crippen LogP contribution in [-0.4, -0.2) is 23.8 Å². The standard InChI is InChI=1S/C13H27NO/c1-3-6-12-7-5-9-13(15,10-8-12)11-14-4-2/h12,14-15H,3-11H2,1-2H3. The van der Waals surface area contributed by atoms with E-state index in [1.54, 1.807) is 0 Å². The van der Waals surface area contributed by atoms with Crippen molar-refractivity contribution >= 4 is 0 Å². The van der Waals surface area contributed by atoms with Gasteiger partial charge in [-0.05, 0) is 31.7 Å². The molecule has 2 unspecified atom stereocenters. The number of nitrogens with one attached hydrogen (secondary N) is 1. The van der Waals surface area contributed by atoms with Gasteiger partial charge >= 0.3 is 0 Å². The lowest BCUT2D eigenvalue weighted by molar-refractivity contribution is 0.0247. The summed E-state index contributed by atoms with van der Waals surface area (Å²) in [7, 11) is 0. The van der Waals surface area contributed by atoms with Gasteiger partial charge in [-0.3, -0.25) is 0 Å². The molecule has 0 aromatic carbocycles. The van der Waals surface area contributed by atoms with Crippen LogP contribution in [0.2, 0.25) is 0 Å². The molecule has 0 spiro atoms. The molecule has 0 bridgehead atoms. The molecule has 0 saturated heterocycles. The van der Waals surface area contributed by atoms with Gasteiger partial charge in [-0.25, -0.2) is 0 Å². The van der Waals surface area contributed by atoms with E-state index in [1.807, 2.05) is 0 Å². The molecule has 15 heavy (non-hydrogen) atoms. The minimum absolute atomic E-state index is 0.418. The van der Waals surface area contributed by atoms with Gasteiger partial charge < -0.3 is 10.4 Å². The van der Waals surface area contributed by atoms with E-state index in [0.717, 1.165) is 31.8 Å². The highest BCUT2D eigenvalue weighted by Crippen LogP contribution is 2.32. The quantitative estimate of drug-likeness (QED) is 0.688. The zero-order valence-electron chi connectivity index (χ0n) is 10.4. The van der Waals surface area contributed by atoms with E-state index in [-0.39, 0.29) is 0 Å². The summed E-state index contributed by atoms with van der Waals surface area (Å²) in [4.78, 5) is 0. The molecule has 2 N–H and O–H groups in total. The number of aliphatic hydroxyl groups is 1. The molecule has 1 fully saturated rings. The molecule has 1 aliphatic carbocycles. The van der Waals surface area contributed by atoms with Gasteiger partial charge in [-0.15, -0.1) is 0 Å². The van der Waals surface area contributed by atoms with Crippen LogP contribution in [0, 0.1) is 5.92 Å². The average molecular weight is 213 g/mol. The first kappa shape index (κ1) is 13.0. The predicted molar refractivity (Wildman–Crippen MR) is 65.0 cm³/mol. The SMILES string of the molecule is CCCC1CCCC(O)(CNCC)CC1. The molecule has 1 aliphatic rings. The Morgan fingerprint density at radius 3 is 2.73 bits per heavy atom. The van der Waals surface area contributed by atoms with Gasteiger partial charge in [0.2, 0.25) is 0 Å². The van der Waals surface area contributed by atoms with Crippen molar-refractivity contribution in [3.63, 3.8) is 0 Å². The normalized spacial score (nSPS) is 32.6. The summed E-state index contributed by atoms with van der Waals surface area (Å²) < 4.78 is 0.